The van der Waals surface area contributed by atoms with Crippen molar-refractivity contribution in [3.63, 3.8) is 0 Å². The molecule has 0 amide bonds. The fourth-order valence-electron chi connectivity index (χ4n) is 8.22. The van der Waals surface area contributed by atoms with Crippen molar-refractivity contribution in [3.05, 3.63) is 78.4 Å². The van der Waals surface area contributed by atoms with Crippen molar-refractivity contribution in [2.24, 2.45) is 17.3 Å². The fraction of sp³-hybridized carbons (Fsp3) is 0.731. The van der Waals surface area contributed by atoms with Gasteiger partial charge in [0.2, 0.25) is 0 Å². The van der Waals surface area contributed by atoms with E-state index in [1.54, 1.807) is 18.9 Å². The van der Waals surface area contributed by atoms with Crippen LogP contribution >= 0.6 is 11.8 Å². The van der Waals surface area contributed by atoms with Crippen LogP contribution in [0.2, 0.25) is 36.3 Å². The van der Waals surface area contributed by atoms with Crippen LogP contribution in [0.25, 0.3) is 0 Å². The molecule has 366 valence electrons. The Morgan fingerprint density at radius 3 is 2.05 bits per heavy atom. The average Bonchev–Trinajstić information content (AvgIpc) is 3.22. The van der Waals surface area contributed by atoms with Crippen molar-refractivity contribution in [2.45, 2.75) is 199 Å². The van der Waals surface area contributed by atoms with Crippen LogP contribution in [0.1, 0.15) is 120 Å². The van der Waals surface area contributed by atoms with Crippen molar-refractivity contribution in [3.8, 4) is 5.75 Å². The van der Waals surface area contributed by atoms with Crippen LogP contribution in [0.15, 0.2) is 67.3 Å². The molecule has 1 heterocycles. The van der Waals surface area contributed by atoms with E-state index in [-0.39, 0.29) is 52.4 Å². The molecule has 8 nitrogen and oxygen atoms in total. The van der Waals surface area contributed by atoms with Gasteiger partial charge in [0.25, 0.3) is 0 Å². The van der Waals surface area contributed by atoms with Crippen LogP contribution in [-0.4, -0.2) is 91.9 Å². The number of benzene rings is 2. The molecule has 6 unspecified atom stereocenters. The Kier molecular flexibility index (Phi) is 21.6. The predicted molar refractivity (Wildman–Crippen MR) is 277 cm³/mol. The summed E-state index contributed by atoms with van der Waals surface area (Å²) in [6.45, 7) is 41.3. The molecule has 10 atom stereocenters. The highest BCUT2D eigenvalue weighted by atomic mass is 32.2. The summed E-state index contributed by atoms with van der Waals surface area (Å²) in [6.07, 6.45) is 2.21. The molecule has 3 rings (SSSR count). The van der Waals surface area contributed by atoms with Crippen molar-refractivity contribution in [2.75, 3.05) is 25.2 Å². The van der Waals surface area contributed by atoms with Gasteiger partial charge in [-0.25, -0.2) is 0 Å². The van der Waals surface area contributed by atoms with E-state index >= 15 is 0 Å². The Labute approximate surface area is 399 Å². The summed E-state index contributed by atoms with van der Waals surface area (Å²) in [5.41, 5.74) is 1.63. The number of thioether (sulfide) groups is 1. The molecule has 1 aliphatic rings. The van der Waals surface area contributed by atoms with Gasteiger partial charge in [-0.15, -0.1) is 18.3 Å². The minimum atomic E-state index is -2.34. The molecular weight excluding hydrogens is 873 g/mol. The third kappa shape index (κ3) is 15.1. The Morgan fingerprint density at radius 1 is 0.922 bits per heavy atom. The first-order valence-electron chi connectivity index (χ1n) is 23.9. The van der Waals surface area contributed by atoms with E-state index < -0.39 is 43.0 Å². The van der Waals surface area contributed by atoms with Crippen LogP contribution < -0.4 is 4.74 Å². The van der Waals surface area contributed by atoms with Crippen molar-refractivity contribution in [1.82, 2.24) is 0 Å². The lowest BCUT2D eigenvalue weighted by Crippen LogP contribution is -2.55. The van der Waals surface area contributed by atoms with E-state index in [9.17, 15) is 9.32 Å². The maximum Gasteiger partial charge on any atom is 0.192 e. The SMILES string of the molecule is C=C[C@@H](OCc1ccc(OC)cc1)C(C)(C)[C@@H](C[C@@H](C)C(O)C(CC1CC(OCc2ccccc2)C(C)[C@H](CCO[Si](C)(C)C(C)(C)C)O1)(SCC)S(=O)CC)O[Si](C)(C)C(C)(C)C. The zero-order chi connectivity index (χ0) is 48.3. The molecule has 0 aromatic heterocycles. The van der Waals surface area contributed by atoms with Gasteiger partial charge < -0.3 is 32.9 Å². The van der Waals surface area contributed by atoms with Gasteiger partial charge in [0.1, 0.15) is 9.83 Å². The fourth-order valence-corrected chi connectivity index (χ4v) is 14.5. The third-order valence-electron chi connectivity index (χ3n) is 14.7. The first-order chi connectivity index (χ1) is 29.7. The smallest absolute Gasteiger partial charge is 0.192 e. The first kappa shape index (κ1) is 57.0. The maximum absolute atomic E-state index is 14.8. The van der Waals surface area contributed by atoms with Crippen LogP contribution in [-0.2, 0) is 47.1 Å². The molecule has 1 aliphatic heterocycles. The molecule has 1 saturated heterocycles. The average molecular weight is 964 g/mol. The maximum atomic E-state index is 14.8. The largest absolute Gasteiger partial charge is 0.497 e. The minimum absolute atomic E-state index is 0.0524. The summed E-state index contributed by atoms with van der Waals surface area (Å²) in [5, 5.41) is 13.0. The van der Waals surface area contributed by atoms with Gasteiger partial charge in [0.05, 0.1) is 56.9 Å². The van der Waals surface area contributed by atoms with Crippen LogP contribution in [0.3, 0.4) is 0 Å². The Bertz CT molecular complexity index is 1710. The molecule has 0 spiro atoms. The summed E-state index contributed by atoms with van der Waals surface area (Å²) in [5.74, 6) is 1.76. The second kappa shape index (κ2) is 24.3. The summed E-state index contributed by atoms with van der Waals surface area (Å²) in [4.78, 5) is 0. The van der Waals surface area contributed by atoms with Gasteiger partial charge in [-0.2, -0.15) is 0 Å². The molecule has 2 aromatic rings. The highest BCUT2D eigenvalue weighted by Crippen LogP contribution is 2.48. The van der Waals surface area contributed by atoms with E-state index in [1.165, 1.54) is 0 Å². The lowest BCUT2D eigenvalue weighted by atomic mass is 9.76. The topological polar surface area (TPSA) is 92.7 Å². The molecule has 0 saturated carbocycles. The van der Waals surface area contributed by atoms with E-state index in [1.807, 2.05) is 55.5 Å². The molecule has 1 N–H and O–H groups in total. The summed E-state index contributed by atoms with van der Waals surface area (Å²) < 4.78 is 53.8. The van der Waals surface area contributed by atoms with E-state index in [2.05, 4.69) is 121 Å². The summed E-state index contributed by atoms with van der Waals surface area (Å²) in [7, 11) is -4.03. The second-order valence-electron chi connectivity index (χ2n) is 21.9. The predicted octanol–water partition coefficient (Wildman–Crippen LogP) is 13.0. The minimum Gasteiger partial charge on any atom is -0.497 e. The van der Waals surface area contributed by atoms with E-state index in [4.69, 9.17) is 27.8 Å². The molecule has 1 fully saturated rings. The first-order valence-corrected chi connectivity index (χ1v) is 32.0. The van der Waals surface area contributed by atoms with Gasteiger partial charge in [-0.1, -0.05) is 132 Å². The zero-order valence-electron chi connectivity index (χ0n) is 43.1. The van der Waals surface area contributed by atoms with Crippen LogP contribution in [0.4, 0.5) is 0 Å². The highest BCUT2D eigenvalue weighted by Gasteiger charge is 2.52. The molecule has 0 aliphatic carbocycles. The van der Waals surface area contributed by atoms with E-state index in [0.717, 1.165) is 23.3 Å². The molecule has 0 radical (unpaired) electrons. The van der Waals surface area contributed by atoms with Gasteiger partial charge in [-0.3, -0.25) is 4.21 Å². The van der Waals surface area contributed by atoms with Gasteiger partial charge in [-0.05, 0) is 84.0 Å². The number of hydrogen-bond donors (Lipinski definition) is 1. The number of aliphatic hydroxyl groups excluding tert-OH is 1. The van der Waals surface area contributed by atoms with Crippen LogP contribution in [0.5, 0.6) is 5.75 Å². The number of ether oxygens (including phenoxy) is 4. The van der Waals surface area contributed by atoms with Crippen molar-refractivity contribution < 1.29 is 37.1 Å². The van der Waals surface area contributed by atoms with E-state index in [0.29, 0.717) is 50.6 Å². The van der Waals surface area contributed by atoms with Gasteiger partial charge >= 0.3 is 0 Å². The lowest BCUT2D eigenvalue weighted by molar-refractivity contribution is -0.160. The van der Waals surface area contributed by atoms with Gasteiger partial charge in [0.15, 0.2) is 16.6 Å². The Morgan fingerprint density at radius 2 is 1.52 bits per heavy atom. The quantitative estimate of drug-likeness (QED) is 0.0731. The van der Waals surface area contributed by atoms with Crippen LogP contribution in [0, 0.1) is 17.3 Å². The number of methoxy groups -OCH3 is 1. The molecule has 2 aromatic carbocycles. The third-order valence-corrected chi connectivity index (χ3v) is 27.6. The second-order valence-corrected chi connectivity index (χ2v) is 35.3. The van der Waals surface area contributed by atoms with Crippen molar-refractivity contribution in [1.29, 1.82) is 0 Å². The molecule has 0 bridgehead atoms. The molecule has 12 heteroatoms. The summed E-state index contributed by atoms with van der Waals surface area (Å²) in [6, 6.07) is 18.3. The highest BCUT2D eigenvalue weighted by molar-refractivity contribution is 8.12. The lowest BCUT2D eigenvalue weighted by Gasteiger charge is -2.49. The Hall–Kier alpha value is -1.33. The van der Waals surface area contributed by atoms with Crippen molar-refractivity contribution >= 4 is 39.2 Å². The zero-order valence-corrected chi connectivity index (χ0v) is 46.7. The number of rotatable bonds is 26. The normalized spacial score (nSPS) is 22.5. The van der Waals surface area contributed by atoms with Gasteiger partial charge in [0, 0.05) is 47.3 Å². The summed E-state index contributed by atoms with van der Waals surface area (Å²) >= 11 is 1.62. The molecule has 64 heavy (non-hydrogen) atoms. The number of aliphatic hydroxyl groups is 1. The standard InChI is InChI=1S/C52H90O8S2Si2/c1-19-46(57-37-41-27-29-42(55-14)30-28-41)51(12,13)47(60-64(17,18)50(9,10)11)33-38(4)48(53)52(61-20-2,62(54)21-3)35-43-34-45(56-36-40-25-23-22-24-26-40)39(5)44(59-43)31-32-58-63(15,16)49(6,7)8/h19,22-30,38-39,43-48,53H,1,20-21,31-37H2,2-18H3/t38-,39?,43?,44+,45?,46-,47-,48?,52?,62?/m1/s1. The molecular formula is C52H90O8S2Si2. The monoisotopic (exact) mass is 963 g/mol. The Balaban J connectivity index is 2.01. The number of hydrogen-bond acceptors (Lipinski definition) is 9.